The molecule has 18 heavy (non-hydrogen) atoms. The van der Waals surface area contributed by atoms with E-state index < -0.39 is 17.9 Å². The molecule has 0 heterocycles. The van der Waals surface area contributed by atoms with Crippen molar-refractivity contribution in [1.82, 2.24) is 0 Å². The van der Waals surface area contributed by atoms with Gasteiger partial charge in [-0.2, -0.15) is 0 Å². The summed E-state index contributed by atoms with van der Waals surface area (Å²) in [7, 11) is 0. The molecule has 1 rings (SSSR count). The summed E-state index contributed by atoms with van der Waals surface area (Å²) in [6.07, 6.45) is 0.703. The zero-order valence-electron chi connectivity index (χ0n) is 11.3. The Morgan fingerprint density at radius 1 is 1.22 bits per heavy atom. The number of aliphatic hydroxyl groups is 1. The molecule has 0 saturated heterocycles. The summed E-state index contributed by atoms with van der Waals surface area (Å²) in [5, 5.41) is 10.2. The van der Waals surface area contributed by atoms with E-state index in [2.05, 4.69) is 6.92 Å². The summed E-state index contributed by atoms with van der Waals surface area (Å²) < 4.78 is 25.4. The highest BCUT2D eigenvalue weighted by molar-refractivity contribution is 5.27. The maximum Gasteiger partial charge on any atom is 0.244 e. The van der Waals surface area contributed by atoms with Gasteiger partial charge in [-0.05, 0) is 30.9 Å². The highest BCUT2D eigenvalue weighted by Crippen LogP contribution is 2.33. The third kappa shape index (κ3) is 3.52. The first-order valence-corrected chi connectivity index (χ1v) is 6.49. The lowest BCUT2D eigenvalue weighted by Crippen LogP contribution is -2.34. The van der Waals surface area contributed by atoms with Crippen LogP contribution >= 0.6 is 0 Å². The second-order valence-electron chi connectivity index (χ2n) is 5.07. The molecule has 2 atom stereocenters. The third-order valence-corrected chi connectivity index (χ3v) is 3.62. The van der Waals surface area contributed by atoms with Crippen molar-refractivity contribution in [1.29, 1.82) is 0 Å². The molecule has 0 bridgehead atoms. The van der Waals surface area contributed by atoms with Gasteiger partial charge in [0.1, 0.15) is 0 Å². The number of aryl methyl sites for hydroxylation is 1. The summed E-state index contributed by atoms with van der Waals surface area (Å²) in [6.45, 7) is 4.95. The summed E-state index contributed by atoms with van der Waals surface area (Å²) >= 11 is 0. The number of benzene rings is 1. The van der Waals surface area contributed by atoms with E-state index in [-0.39, 0.29) is 0 Å². The predicted octanol–water partition coefficient (Wildman–Crippen LogP) is 4.14. The van der Waals surface area contributed by atoms with Gasteiger partial charge in [-0.25, -0.2) is 8.78 Å². The van der Waals surface area contributed by atoms with Gasteiger partial charge in [0.25, 0.3) is 0 Å². The van der Waals surface area contributed by atoms with Crippen molar-refractivity contribution in [2.75, 3.05) is 0 Å². The first-order valence-electron chi connectivity index (χ1n) is 6.49. The van der Waals surface area contributed by atoms with Gasteiger partial charge in [0, 0.05) is 5.92 Å². The monoisotopic (exact) mass is 256 g/mol. The predicted molar refractivity (Wildman–Crippen MR) is 69.8 cm³/mol. The molecular formula is C15H22F2O. The van der Waals surface area contributed by atoms with E-state index in [1.807, 2.05) is 12.1 Å². The van der Waals surface area contributed by atoms with Crippen molar-refractivity contribution in [3.63, 3.8) is 0 Å². The summed E-state index contributed by atoms with van der Waals surface area (Å²) in [4.78, 5) is 0. The molecule has 3 heteroatoms. The maximum atomic E-state index is 12.7. The van der Waals surface area contributed by atoms with Crippen molar-refractivity contribution < 1.29 is 13.9 Å². The molecule has 0 aromatic heterocycles. The number of unbranched alkanes of at least 4 members (excludes halogenated alkanes) is 1. The minimum absolute atomic E-state index is 0.551. The van der Waals surface area contributed by atoms with Gasteiger partial charge in [-0.1, -0.05) is 44.5 Å². The average molecular weight is 256 g/mol. The van der Waals surface area contributed by atoms with Crippen molar-refractivity contribution in [2.45, 2.75) is 52.1 Å². The molecule has 0 aliphatic heterocycles. The fourth-order valence-corrected chi connectivity index (χ4v) is 1.90. The van der Waals surface area contributed by atoms with Crippen LogP contribution in [0.25, 0.3) is 0 Å². The van der Waals surface area contributed by atoms with Gasteiger partial charge in [-0.3, -0.25) is 0 Å². The Bertz CT molecular complexity index is 357. The maximum absolute atomic E-state index is 12.7. The standard InChI is InChI=1S/C15H22F2O/c1-4-5-6-12-7-9-13(10-8-12)15(3,18)11(2)14(16)17/h7-11,14,18H,4-6H2,1-3H3. The van der Waals surface area contributed by atoms with Crippen LogP contribution in [0.3, 0.4) is 0 Å². The minimum atomic E-state index is -2.53. The lowest BCUT2D eigenvalue weighted by Gasteiger charge is -2.30. The second kappa shape index (κ2) is 6.28. The lowest BCUT2D eigenvalue weighted by molar-refractivity contribution is -0.0696. The van der Waals surface area contributed by atoms with E-state index >= 15 is 0 Å². The van der Waals surface area contributed by atoms with Crippen LogP contribution in [-0.2, 0) is 12.0 Å². The van der Waals surface area contributed by atoms with Crippen LogP contribution in [0.4, 0.5) is 8.78 Å². The first-order chi connectivity index (χ1) is 8.39. The molecule has 1 aromatic rings. The molecule has 0 aliphatic rings. The second-order valence-corrected chi connectivity index (χ2v) is 5.07. The molecule has 0 spiro atoms. The molecular weight excluding hydrogens is 234 g/mol. The average Bonchev–Trinajstić information content (AvgIpc) is 2.35. The van der Waals surface area contributed by atoms with Crippen molar-refractivity contribution in [3.8, 4) is 0 Å². The Kier molecular flexibility index (Phi) is 5.27. The van der Waals surface area contributed by atoms with Crippen LogP contribution in [0, 0.1) is 5.92 Å². The van der Waals surface area contributed by atoms with Crippen LogP contribution in [0.1, 0.15) is 44.7 Å². The topological polar surface area (TPSA) is 20.2 Å². The number of alkyl halides is 2. The SMILES string of the molecule is CCCCc1ccc(C(C)(O)C(C)C(F)F)cc1. The highest BCUT2D eigenvalue weighted by atomic mass is 19.3. The van der Waals surface area contributed by atoms with Crippen LogP contribution in [-0.4, -0.2) is 11.5 Å². The molecule has 0 fully saturated rings. The summed E-state index contributed by atoms with van der Waals surface area (Å²) in [5.41, 5.74) is 0.244. The minimum Gasteiger partial charge on any atom is -0.385 e. The van der Waals surface area contributed by atoms with Crippen LogP contribution in [0.2, 0.25) is 0 Å². The zero-order chi connectivity index (χ0) is 13.8. The molecule has 0 amide bonds. The van der Waals surface area contributed by atoms with Gasteiger partial charge in [0.05, 0.1) is 5.60 Å². The third-order valence-electron chi connectivity index (χ3n) is 3.62. The quantitative estimate of drug-likeness (QED) is 0.811. The molecule has 102 valence electrons. The van der Waals surface area contributed by atoms with Crippen LogP contribution in [0.5, 0.6) is 0 Å². The highest BCUT2D eigenvalue weighted by Gasteiger charge is 2.36. The fraction of sp³-hybridized carbons (Fsp3) is 0.600. The molecule has 2 unspecified atom stereocenters. The van der Waals surface area contributed by atoms with E-state index in [9.17, 15) is 13.9 Å². The Morgan fingerprint density at radius 2 is 1.78 bits per heavy atom. The number of hydrogen-bond acceptors (Lipinski definition) is 1. The van der Waals surface area contributed by atoms with E-state index in [1.54, 1.807) is 12.1 Å². The van der Waals surface area contributed by atoms with Crippen molar-refractivity contribution in [3.05, 3.63) is 35.4 Å². The Balaban J connectivity index is 2.83. The molecule has 0 radical (unpaired) electrons. The molecule has 1 N–H and O–H groups in total. The van der Waals surface area contributed by atoms with Crippen molar-refractivity contribution >= 4 is 0 Å². The van der Waals surface area contributed by atoms with E-state index in [0.29, 0.717) is 5.56 Å². The first kappa shape index (κ1) is 15.1. The van der Waals surface area contributed by atoms with E-state index in [0.717, 1.165) is 19.3 Å². The van der Waals surface area contributed by atoms with E-state index in [1.165, 1.54) is 19.4 Å². The molecule has 0 aliphatic carbocycles. The zero-order valence-corrected chi connectivity index (χ0v) is 11.3. The van der Waals surface area contributed by atoms with Gasteiger partial charge < -0.3 is 5.11 Å². The smallest absolute Gasteiger partial charge is 0.244 e. The largest absolute Gasteiger partial charge is 0.385 e. The van der Waals surface area contributed by atoms with E-state index in [4.69, 9.17) is 0 Å². The Labute approximate surface area is 108 Å². The number of halogens is 2. The number of hydrogen-bond donors (Lipinski definition) is 1. The van der Waals surface area contributed by atoms with Gasteiger partial charge in [-0.15, -0.1) is 0 Å². The van der Waals surface area contributed by atoms with Crippen LogP contribution < -0.4 is 0 Å². The van der Waals surface area contributed by atoms with Crippen molar-refractivity contribution in [2.24, 2.45) is 5.92 Å². The normalized spacial score (nSPS) is 16.6. The van der Waals surface area contributed by atoms with Gasteiger partial charge >= 0.3 is 0 Å². The lowest BCUT2D eigenvalue weighted by atomic mass is 9.84. The molecule has 0 saturated carbocycles. The summed E-state index contributed by atoms with van der Waals surface area (Å²) in [6, 6.07) is 7.34. The Morgan fingerprint density at radius 3 is 2.22 bits per heavy atom. The Hall–Kier alpha value is -0.960. The fourth-order valence-electron chi connectivity index (χ4n) is 1.90. The summed E-state index contributed by atoms with van der Waals surface area (Å²) in [5.74, 6) is -1.08. The number of rotatable bonds is 6. The molecule has 1 nitrogen and oxygen atoms in total. The van der Waals surface area contributed by atoms with Gasteiger partial charge in [0.15, 0.2) is 0 Å². The molecule has 1 aromatic carbocycles. The van der Waals surface area contributed by atoms with Crippen LogP contribution in [0.15, 0.2) is 24.3 Å². The van der Waals surface area contributed by atoms with Gasteiger partial charge in [0.2, 0.25) is 6.43 Å².